The Morgan fingerprint density at radius 3 is 2.26 bits per heavy atom. The molecule has 2 atom stereocenters. The highest BCUT2D eigenvalue weighted by Crippen LogP contribution is 2.27. The molecule has 2 rings (SSSR count). The largest absolute Gasteiger partial charge is 0.508 e. The normalized spacial score (nSPS) is 12.5. The maximum Gasteiger partial charge on any atom is 0.408 e. The van der Waals surface area contributed by atoms with Gasteiger partial charge >= 0.3 is 12.1 Å². The Labute approximate surface area is 247 Å². The molecule has 0 bridgehead atoms. The lowest BCUT2D eigenvalue weighted by atomic mass is 9.99. The van der Waals surface area contributed by atoms with Crippen molar-refractivity contribution in [3.8, 4) is 11.5 Å². The molecule has 0 radical (unpaired) electrons. The van der Waals surface area contributed by atoms with Crippen molar-refractivity contribution in [2.24, 2.45) is 0 Å². The number of carbonyl (C=O) groups is 4. The zero-order chi connectivity index (χ0) is 31.3. The molecule has 0 aliphatic rings. The van der Waals surface area contributed by atoms with E-state index in [1.165, 1.54) is 29.2 Å². The molecule has 0 spiro atoms. The van der Waals surface area contributed by atoms with Crippen molar-refractivity contribution >= 4 is 23.9 Å². The molecular formula is C31H43N3O8. The third-order valence-corrected chi connectivity index (χ3v) is 6.08. The average Bonchev–Trinajstić information content (AvgIpc) is 2.90. The van der Waals surface area contributed by atoms with E-state index in [-0.39, 0.29) is 44.0 Å². The van der Waals surface area contributed by atoms with Crippen LogP contribution in [-0.4, -0.2) is 70.3 Å². The Hall–Kier alpha value is -4.28. The first kappa shape index (κ1) is 33.9. The molecule has 0 saturated heterocycles. The average molecular weight is 586 g/mol. The summed E-state index contributed by atoms with van der Waals surface area (Å²) in [5.74, 6) is -1.62. The maximum atomic E-state index is 14.3. The Kier molecular flexibility index (Phi) is 13.1. The van der Waals surface area contributed by atoms with Gasteiger partial charge in [-0.1, -0.05) is 37.6 Å². The standard InChI is InChI=1S/C31H43N3O8/c1-6-8-18-34(27(22-10-9-11-24(36)20-22)28(38)32-17-16-26(37)41-7-2)29(39)25(33-30(40)42-31(3,4)5)19-21-12-14-23(35)15-13-21/h9-15,20,25,27,35-36H,6-8,16-19H2,1-5H3,(H,32,38)(H,33,40). The smallest absolute Gasteiger partial charge is 0.408 e. The molecular weight excluding hydrogens is 542 g/mol. The fourth-order valence-electron chi connectivity index (χ4n) is 4.20. The Morgan fingerprint density at radius 2 is 1.67 bits per heavy atom. The second-order valence-electron chi connectivity index (χ2n) is 10.8. The number of phenols is 2. The number of nitrogens with one attached hydrogen (secondary N) is 2. The van der Waals surface area contributed by atoms with Crippen molar-refractivity contribution in [3.05, 3.63) is 59.7 Å². The molecule has 2 aromatic carbocycles. The van der Waals surface area contributed by atoms with Crippen LogP contribution in [0.15, 0.2) is 48.5 Å². The molecule has 11 heteroatoms. The second-order valence-corrected chi connectivity index (χ2v) is 10.8. The lowest BCUT2D eigenvalue weighted by molar-refractivity contribution is -0.144. The van der Waals surface area contributed by atoms with Gasteiger partial charge in [-0.3, -0.25) is 14.4 Å². The highest BCUT2D eigenvalue weighted by atomic mass is 16.6. The fourth-order valence-corrected chi connectivity index (χ4v) is 4.20. The van der Waals surface area contributed by atoms with Crippen LogP contribution >= 0.6 is 0 Å². The van der Waals surface area contributed by atoms with E-state index < -0.39 is 41.6 Å². The van der Waals surface area contributed by atoms with Gasteiger partial charge in [-0.05, 0) is 69.5 Å². The van der Waals surface area contributed by atoms with Gasteiger partial charge in [-0.15, -0.1) is 0 Å². The van der Waals surface area contributed by atoms with Gasteiger partial charge in [0.15, 0.2) is 0 Å². The molecule has 0 saturated carbocycles. The molecule has 0 fully saturated rings. The molecule has 2 aromatic rings. The molecule has 0 aliphatic heterocycles. The highest BCUT2D eigenvalue weighted by Gasteiger charge is 2.36. The van der Waals surface area contributed by atoms with Crippen LogP contribution in [0, 0.1) is 0 Å². The summed E-state index contributed by atoms with van der Waals surface area (Å²) in [6, 6.07) is 9.96. The number of aromatic hydroxyl groups is 2. The molecule has 2 unspecified atom stereocenters. The number of ether oxygens (including phenoxy) is 2. The van der Waals surface area contributed by atoms with Crippen LogP contribution in [0.2, 0.25) is 0 Å². The van der Waals surface area contributed by atoms with Gasteiger partial charge < -0.3 is 35.2 Å². The predicted octanol–water partition coefficient (Wildman–Crippen LogP) is 3.97. The molecule has 4 N–H and O–H groups in total. The summed E-state index contributed by atoms with van der Waals surface area (Å²) in [6.07, 6.45) is 0.457. The number of hydrogen-bond acceptors (Lipinski definition) is 8. The minimum Gasteiger partial charge on any atom is -0.508 e. The van der Waals surface area contributed by atoms with Crippen molar-refractivity contribution in [1.82, 2.24) is 15.5 Å². The van der Waals surface area contributed by atoms with Crippen LogP contribution in [0.1, 0.15) is 71.0 Å². The van der Waals surface area contributed by atoms with E-state index in [2.05, 4.69) is 10.6 Å². The number of rotatable bonds is 14. The molecule has 42 heavy (non-hydrogen) atoms. The number of unbranched alkanes of at least 4 members (excludes halogenated alkanes) is 1. The topological polar surface area (TPSA) is 154 Å². The van der Waals surface area contributed by atoms with E-state index in [0.29, 0.717) is 24.0 Å². The maximum absolute atomic E-state index is 14.3. The van der Waals surface area contributed by atoms with Gasteiger partial charge in [-0.25, -0.2) is 4.79 Å². The van der Waals surface area contributed by atoms with Gasteiger partial charge in [0.1, 0.15) is 29.2 Å². The fraction of sp³-hybridized carbons (Fsp3) is 0.484. The van der Waals surface area contributed by atoms with Crippen LogP contribution in [0.25, 0.3) is 0 Å². The van der Waals surface area contributed by atoms with E-state index >= 15 is 0 Å². The molecule has 11 nitrogen and oxygen atoms in total. The van der Waals surface area contributed by atoms with Crippen molar-refractivity contribution in [2.45, 2.75) is 78.0 Å². The monoisotopic (exact) mass is 585 g/mol. The number of phenolic OH excluding ortho intramolecular Hbond substituents is 2. The van der Waals surface area contributed by atoms with Gasteiger partial charge in [0.05, 0.1) is 13.0 Å². The van der Waals surface area contributed by atoms with E-state index in [1.807, 2.05) is 6.92 Å². The quantitative estimate of drug-likeness (QED) is 0.243. The van der Waals surface area contributed by atoms with E-state index in [0.717, 1.165) is 0 Å². The summed E-state index contributed by atoms with van der Waals surface area (Å²) in [6.45, 7) is 9.11. The molecule has 3 amide bonds. The number of benzene rings is 2. The molecule has 230 valence electrons. The summed E-state index contributed by atoms with van der Waals surface area (Å²) >= 11 is 0. The minimum absolute atomic E-state index is 0.0180. The first-order valence-corrected chi connectivity index (χ1v) is 14.1. The SMILES string of the molecule is CCCCN(C(=O)C(Cc1ccc(O)cc1)NC(=O)OC(C)(C)C)C(C(=O)NCCC(=O)OCC)c1cccc(O)c1. The first-order valence-electron chi connectivity index (χ1n) is 14.1. The number of esters is 1. The molecule has 0 aliphatic carbocycles. The van der Waals surface area contributed by atoms with E-state index in [1.54, 1.807) is 52.0 Å². The molecule has 0 heterocycles. The minimum atomic E-state index is -1.18. The van der Waals surface area contributed by atoms with E-state index in [9.17, 15) is 29.4 Å². The Bertz CT molecular complexity index is 1190. The van der Waals surface area contributed by atoms with Gasteiger partial charge in [-0.2, -0.15) is 0 Å². The zero-order valence-corrected chi connectivity index (χ0v) is 25.0. The summed E-state index contributed by atoms with van der Waals surface area (Å²) in [5, 5.41) is 25.3. The van der Waals surface area contributed by atoms with Gasteiger partial charge in [0, 0.05) is 19.5 Å². The first-order chi connectivity index (χ1) is 19.8. The summed E-state index contributed by atoms with van der Waals surface area (Å²) < 4.78 is 10.4. The van der Waals surface area contributed by atoms with E-state index in [4.69, 9.17) is 9.47 Å². The number of carbonyl (C=O) groups excluding carboxylic acids is 4. The Balaban J connectivity index is 2.49. The van der Waals surface area contributed by atoms with Crippen molar-refractivity contribution in [2.75, 3.05) is 19.7 Å². The number of alkyl carbamates (subject to hydrolysis) is 1. The summed E-state index contributed by atoms with van der Waals surface area (Å²) in [7, 11) is 0. The highest BCUT2D eigenvalue weighted by molar-refractivity contribution is 5.92. The Morgan fingerprint density at radius 1 is 0.976 bits per heavy atom. The lowest BCUT2D eigenvalue weighted by Crippen LogP contribution is -2.54. The van der Waals surface area contributed by atoms with Crippen LogP contribution in [0.5, 0.6) is 11.5 Å². The zero-order valence-electron chi connectivity index (χ0n) is 25.0. The van der Waals surface area contributed by atoms with Gasteiger partial charge in [0.25, 0.3) is 0 Å². The van der Waals surface area contributed by atoms with Crippen LogP contribution < -0.4 is 10.6 Å². The van der Waals surface area contributed by atoms with Crippen molar-refractivity contribution in [3.63, 3.8) is 0 Å². The third kappa shape index (κ3) is 11.3. The van der Waals surface area contributed by atoms with Crippen LogP contribution in [-0.2, 0) is 30.3 Å². The summed E-state index contributed by atoms with van der Waals surface area (Å²) in [5.41, 5.74) is 0.195. The number of hydrogen-bond donors (Lipinski definition) is 4. The third-order valence-electron chi connectivity index (χ3n) is 6.08. The van der Waals surface area contributed by atoms with Crippen LogP contribution in [0.3, 0.4) is 0 Å². The van der Waals surface area contributed by atoms with Gasteiger partial charge in [0.2, 0.25) is 11.8 Å². The van der Waals surface area contributed by atoms with Crippen molar-refractivity contribution in [1.29, 1.82) is 0 Å². The van der Waals surface area contributed by atoms with Crippen LogP contribution in [0.4, 0.5) is 4.79 Å². The second kappa shape index (κ2) is 16.2. The summed E-state index contributed by atoms with van der Waals surface area (Å²) in [4.78, 5) is 54.0. The molecule has 0 aromatic heterocycles. The number of nitrogens with zero attached hydrogens (tertiary/aromatic N) is 1. The number of amides is 3. The lowest BCUT2D eigenvalue weighted by Gasteiger charge is -2.34. The van der Waals surface area contributed by atoms with Crippen molar-refractivity contribution < 1.29 is 38.9 Å². The predicted molar refractivity (Wildman–Crippen MR) is 157 cm³/mol.